The molecular weight excluding hydrogens is 344 g/mol. The van der Waals surface area contributed by atoms with Crippen LogP contribution in [0.2, 0.25) is 0 Å². The molecule has 1 aliphatic carbocycles. The van der Waals surface area contributed by atoms with Crippen molar-refractivity contribution < 1.29 is 24.1 Å². The number of aliphatic hydroxyl groups excluding tert-OH is 1. The topological polar surface area (TPSA) is 65.0 Å². The minimum Gasteiger partial charge on any atom is -0.484 e. The van der Waals surface area contributed by atoms with Crippen molar-refractivity contribution in [2.45, 2.75) is 45.5 Å². The Morgan fingerprint density at radius 1 is 1.19 bits per heavy atom. The van der Waals surface area contributed by atoms with Crippen molar-refractivity contribution in [3.8, 4) is 16.9 Å². The van der Waals surface area contributed by atoms with Gasteiger partial charge in [0.25, 0.3) is 0 Å². The summed E-state index contributed by atoms with van der Waals surface area (Å²) in [6.07, 6.45) is 1.35. The van der Waals surface area contributed by atoms with Crippen LogP contribution in [0.4, 0.5) is 0 Å². The van der Waals surface area contributed by atoms with Crippen LogP contribution < -0.4 is 4.74 Å². The van der Waals surface area contributed by atoms with E-state index in [0.29, 0.717) is 13.2 Å². The summed E-state index contributed by atoms with van der Waals surface area (Å²) < 4.78 is 17.0. The van der Waals surface area contributed by atoms with E-state index in [4.69, 9.17) is 14.2 Å². The molecule has 1 heterocycles. The van der Waals surface area contributed by atoms with Crippen LogP contribution in [0.25, 0.3) is 11.1 Å². The van der Waals surface area contributed by atoms with Crippen molar-refractivity contribution in [2.24, 2.45) is 0 Å². The fourth-order valence-electron chi connectivity index (χ4n) is 3.96. The van der Waals surface area contributed by atoms with E-state index in [1.54, 1.807) is 0 Å². The minimum atomic E-state index is -0.362. The predicted molar refractivity (Wildman–Crippen MR) is 101 cm³/mol. The largest absolute Gasteiger partial charge is 0.484 e. The molecule has 4 rings (SSSR count). The number of aliphatic hydroxyl groups is 1. The maximum Gasteiger partial charge on any atom is 0.303 e. The lowest BCUT2D eigenvalue weighted by Crippen LogP contribution is -2.34. The average Bonchev–Trinajstić information content (AvgIpc) is 3.03. The van der Waals surface area contributed by atoms with Gasteiger partial charge in [-0.2, -0.15) is 0 Å². The Balaban J connectivity index is 1.64. The van der Waals surface area contributed by atoms with Gasteiger partial charge in [0.1, 0.15) is 5.75 Å². The van der Waals surface area contributed by atoms with Crippen LogP contribution in [-0.2, 0) is 33.7 Å². The summed E-state index contributed by atoms with van der Waals surface area (Å²) in [5.41, 5.74) is 6.94. The molecule has 0 bridgehead atoms. The summed E-state index contributed by atoms with van der Waals surface area (Å²) in [5, 5.41) is 9.44. The van der Waals surface area contributed by atoms with Gasteiger partial charge in [-0.1, -0.05) is 18.2 Å². The molecule has 2 aromatic rings. The molecule has 1 aliphatic heterocycles. The van der Waals surface area contributed by atoms with Crippen molar-refractivity contribution in [3.05, 3.63) is 52.6 Å². The maximum absolute atomic E-state index is 11.3. The Morgan fingerprint density at radius 2 is 1.96 bits per heavy atom. The van der Waals surface area contributed by atoms with Crippen molar-refractivity contribution in [2.75, 3.05) is 13.2 Å². The molecule has 1 saturated heterocycles. The molecule has 0 amide bonds. The number of carbonyl (C=O) groups excluding carboxylic acids is 1. The highest BCUT2D eigenvalue weighted by Crippen LogP contribution is 2.42. The Hall–Kier alpha value is -2.37. The number of hydrogen-bond donors (Lipinski definition) is 1. The van der Waals surface area contributed by atoms with Crippen molar-refractivity contribution in [1.29, 1.82) is 0 Å². The number of rotatable bonds is 5. The number of carbonyl (C=O) groups is 1. The van der Waals surface area contributed by atoms with Gasteiger partial charge in [0.15, 0.2) is 12.2 Å². The second-order valence-corrected chi connectivity index (χ2v) is 7.22. The fourth-order valence-corrected chi connectivity index (χ4v) is 3.96. The summed E-state index contributed by atoms with van der Waals surface area (Å²) in [6.45, 7) is 4.32. The number of benzene rings is 2. The average molecular weight is 368 g/mol. The maximum atomic E-state index is 11.3. The Bertz CT molecular complexity index is 873. The molecule has 142 valence electrons. The Kier molecular flexibility index (Phi) is 4.89. The van der Waals surface area contributed by atoms with E-state index in [9.17, 15) is 9.90 Å². The third kappa shape index (κ3) is 3.45. The first-order valence-electron chi connectivity index (χ1n) is 9.34. The molecule has 1 fully saturated rings. The number of fused-ring (bicyclic) bond motifs is 1. The van der Waals surface area contributed by atoms with Gasteiger partial charge in [-0.3, -0.25) is 4.79 Å². The molecule has 27 heavy (non-hydrogen) atoms. The third-order valence-electron chi connectivity index (χ3n) is 5.30. The highest BCUT2D eigenvalue weighted by Gasteiger charge is 2.34. The van der Waals surface area contributed by atoms with Crippen LogP contribution in [0, 0.1) is 6.92 Å². The lowest BCUT2D eigenvalue weighted by Gasteiger charge is -2.30. The SMILES string of the molecule is CC(=O)OC1COCC1Oc1cc(C)c(-c2cccc(CO)c2)c2c1CC2. The lowest BCUT2D eigenvalue weighted by atomic mass is 9.79. The molecule has 2 unspecified atom stereocenters. The van der Waals surface area contributed by atoms with Gasteiger partial charge in [0.05, 0.1) is 19.8 Å². The van der Waals surface area contributed by atoms with Gasteiger partial charge in [0.2, 0.25) is 0 Å². The van der Waals surface area contributed by atoms with Crippen LogP contribution >= 0.6 is 0 Å². The van der Waals surface area contributed by atoms with E-state index in [2.05, 4.69) is 19.1 Å². The second kappa shape index (κ2) is 7.33. The van der Waals surface area contributed by atoms with Gasteiger partial charge in [0, 0.05) is 6.92 Å². The fraction of sp³-hybridized carbons (Fsp3) is 0.409. The van der Waals surface area contributed by atoms with Gasteiger partial charge in [-0.15, -0.1) is 0 Å². The Labute approximate surface area is 158 Å². The van der Waals surface area contributed by atoms with E-state index < -0.39 is 0 Å². The van der Waals surface area contributed by atoms with E-state index in [-0.39, 0.29) is 24.8 Å². The summed E-state index contributed by atoms with van der Waals surface area (Å²) >= 11 is 0. The monoisotopic (exact) mass is 368 g/mol. The zero-order valence-electron chi connectivity index (χ0n) is 15.7. The number of aryl methyl sites for hydroxylation is 1. The van der Waals surface area contributed by atoms with E-state index in [1.165, 1.54) is 23.6 Å². The molecule has 0 radical (unpaired) electrons. The van der Waals surface area contributed by atoms with Crippen molar-refractivity contribution in [3.63, 3.8) is 0 Å². The van der Waals surface area contributed by atoms with Gasteiger partial charge >= 0.3 is 5.97 Å². The summed E-state index contributed by atoms with van der Waals surface area (Å²) in [4.78, 5) is 11.3. The summed E-state index contributed by atoms with van der Waals surface area (Å²) in [6, 6.07) is 10.1. The molecule has 2 aliphatic rings. The summed E-state index contributed by atoms with van der Waals surface area (Å²) in [7, 11) is 0. The van der Waals surface area contributed by atoms with Crippen molar-refractivity contribution >= 4 is 5.97 Å². The molecule has 2 atom stereocenters. The van der Waals surface area contributed by atoms with Crippen LogP contribution in [0.1, 0.15) is 29.2 Å². The first-order valence-corrected chi connectivity index (χ1v) is 9.34. The van der Waals surface area contributed by atoms with Crippen molar-refractivity contribution in [1.82, 2.24) is 0 Å². The first-order chi connectivity index (χ1) is 13.1. The zero-order chi connectivity index (χ0) is 19.0. The molecule has 5 nitrogen and oxygen atoms in total. The van der Waals surface area contributed by atoms with Gasteiger partial charge in [-0.05, 0) is 65.3 Å². The highest BCUT2D eigenvalue weighted by molar-refractivity contribution is 5.76. The molecule has 0 spiro atoms. The quantitative estimate of drug-likeness (QED) is 0.822. The predicted octanol–water partition coefficient (Wildman–Crippen LogP) is 2.96. The number of esters is 1. The van der Waals surface area contributed by atoms with E-state index >= 15 is 0 Å². The lowest BCUT2D eigenvalue weighted by molar-refractivity contribution is -0.149. The normalized spacial score (nSPS) is 20.7. The molecule has 0 aromatic heterocycles. The van der Waals surface area contributed by atoms with Crippen LogP contribution in [0.15, 0.2) is 30.3 Å². The second-order valence-electron chi connectivity index (χ2n) is 7.22. The molecule has 1 N–H and O–H groups in total. The third-order valence-corrected chi connectivity index (χ3v) is 5.30. The summed E-state index contributed by atoms with van der Waals surface area (Å²) in [5.74, 6) is 0.547. The van der Waals surface area contributed by atoms with Crippen LogP contribution in [0.5, 0.6) is 5.75 Å². The van der Waals surface area contributed by atoms with E-state index in [1.807, 2.05) is 18.2 Å². The minimum absolute atomic E-state index is 0.0372. The number of ether oxygens (including phenoxy) is 3. The molecular formula is C22H24O5. The van der Waals surface area contributed by atoms with Crippen LogP contribution in [-0.4, -0.2) is 36.5 Å². The zero-order valence-corrected chi connectivity index (χ0v) is 15.7. The number of hydrogen-bond acceptors (Lipinski definition) is 5. The standard InChI is InChI=1S/C22H24O5/c1-13-8-19(27-21-12-25-11-20(21)26-14(2)24)17-6-7-18(17)22(13)16-5-3-4-15(9-16)10-23/h3-5,8-9,20-21,23H,6-7,10-12H2,1-2H3. The molecule has 5 heteroatoms. The van der Waals surface area contributed by atoms with Crippen LogP contribution in [0.3, 0.4) is 0 Å². The molecule has 2 aromatic carbocycles. The molecule has 0 saturated carbocycles. The van der Waals surface area contributed by atoms with Gasteiger partial charge < -0.3 is 19.3 Å². The smallest absolute Gasteiger partial charge is 0.303 e. The first kappa shape index (κ1) is 18.0. The Morgan fingerprint density at radius 3 is 2.67 bits per heavy atom. The highest BCUT2D eigenvalue weighted by atomic mass is 16.6. The van der Waals surface area contributed by atoms with Gasteiger partial charge in [-0.25, -0.2) is 0 Å². The van der Waals surface area contributed by atoms with E-state index in [0.717, 1.165) is 35.3 Å².